The molecule has 1 aliphatic heterocycles. The Hall–Kier alpha value is -0.696. The topological polar surface area (TPSA) is 9.23 Å². The first-order chi connectivity index (χ1) is 13.1. The van der Waals surface area contributed by atoms with Crippen molar-refractivity contribution in [2.75, 3.05) is 19.7 Å². The predicted octanol–water partition coefficient (Wildman–Crippen LogP) is 6.05. The zero-order chi connectivity index (χ0) is 19.1. The van der Waals surface area contributed by atoms with Crippen LogP contribution in [0.25, 0.3) is 0 Å². The van der Waals surface area contributed by atoms with Crippen LogP contribution in [0.2, 0.25) is 0 Å². The summed E-state index contributed by atoms with van der Waals surface area (Å²) in [6, 6.07) is 18.0. The first-order valence-electron chi connectivity index (χ1n) is 10.7. The van der Waals surface area contributed by atoms with Crippen molar-refractivity contribution in [3.63, 3.8) is 0 Å². The maximum atomic E-state index is 6.40. The quantitative estimate of drug-likeness (QED) is 0.482. The summed E-state index contributed by atoms with van der Waals surface area (Å²) in [7, 11) is 0. The minimum Gasteiger partial charge on any atom is -0.487 e. The van der Waals surface area contributed by atoms with Crippen LogP contribution in [-0.2, 0) is 39.3 Å². The molecule has 0 aromatic heterocycles. The Kier molecular flexibility index (Phi) is 9.67. The van der Waals surface area contributed by atoms with E-state index in [1.807, 2.05) is 0 Å². The Bertz CT molecular complexity index is 687. The minimum absolute atomic E-state index is 0. The van der Waals surface area contributed by atoms with E-state index in [9.17, 15) is 0 Å². The molecule has 1 heterocycles. The van der Waals surface area contributed by atoms with E-state index < -0.39 is 0 Å². The number of hydrogen-bond donors (Lipinski definition) is 0. The summed E-state index contributed by atoms with van der Waals surface area (Å²) in [5.74, 6) is 1.08. The first-order valence-corrected chi connectivity index (χ1v) is 10.7. The summed E-state index contributed by atoms with van der Waals surface area (Å²) < 4.78 is 7.56. The monoisotopic (exact) mass is 455 g/mol. The van der Waals surface area contributed by atoms with Crippen LogP contribution in [-0.4, -0.2) is 30.2 Å². The standard InChI is InChI=1S/C25H36NO.Y/c1-21-13-12-14-22(2)25(21)27-20-23(3)26(17-10-5-4-6-11-18-26)19-24-15-8-7-9-16-24;/h7-9,12-16,23H,4-6,10-11,17-20H2,1-3H3;/q+1;. The van der Waals surface area contributed by atoms with Crippen LogP contribution >= 0.6 is 0 Å². The van der Waals surface area contributed by atoms with Gasteiger partial charge in [-0.15, -0.1) is 0 Å². The van der Waals surface area contributed by atoms with Gasteiger partial charge in [0, 0.05) is 38.3 Å². The molecule has 3 rings (SSSR count). The summed E-state index contributed by atoms with van der Waals surface area (Å²) in [5, 5.41) is 0. The van der Waals surface area contributed by atoms with Crippen molar-refractivity contribution in [3.8, 4) is 5.75 Å². The fraction of sp³-hybridized carbons (Fsp3) is 0.520. The molecule has 149 valence electrons. The van der Waals surface area contributed by atoms with Crippen LogP contribution < -0.4 is 4.74 Å². The number of benzene rings is 2. The van der Waals surface area contributed by atoms with Crippen LogP contribution in [0.5, 0.6) is 5.75 Å². The SMILES string of the molecule is Cc1cccc(C)c1OCC(C)[N+]1(Cc2ccccc2)CCCCCCC1.[Y]. The van der Waals surface area contributed by atoms with E-state index in [4.69, 9.17) is 4.74 Å². The Labute approximate surface area is 197 Å². The third-order valence-electron chi connectivity index (χ3n) is 6.36. The van der Waals surface area contributed by atoms with Crippen molar-refractivity contribution in [1.29, 1.82) is 0 Å². The second-order valence-corrected chi connectivity index (χ2v) is 8.46. The van der Waals surface area contributed by atoms with Crippen LogP contribution in [0.1, 0.15) is 55.7 Å². The van der Waals surface area contributed by atoms with Gasteiger partial charge in [0.2, 0.25) is 0 Å². The maximum Gasteiger partial charge on any atom is 0.140 e. The van der Waals surface area contributed by atoms with Gasteiger partial charge in [-0.2, -0.15) is 0 Å². The van der Waals surface area contributed by atoms with E-state index in [0.717, 1.165) is 23.4 Å². The van der Waals surface area contributed by atoms with E-state index in [0.29, 0.717) is 6.04 Å². The Balaban J connectivity index is 0.00000280. The number of rotatable bonds is 6. The van der Waals surface area contributed by atoms with Gasteiger partial charge in [0.25, 0.3) is 0 Å². The molecule has 0 spiro atoms. The molecule has 0 amide bonds. The zero-order valence-electron chi connectivity index (χ0n) is 18.0. The molecule has 2 nitrogen and oxygen atoms in total. The van der Waals surface area contributed by atoms with Gasteiger partial charge in [-0.3, -0.25) is 0 Å². The Morgan fingerprint density at radius 1 is 0.821 bits per heavy atom. The van der Waals surface area contributed by atoms with E-state index in [1.54, 1.807) is 0 Å². The predicted molar refractivity (Wildman–Crippen MR) is 114 cm³/mol. The zero-order valence-corrected chi connectivity index (χ0v) is 20.8. The third kappa shape index (κ3) is 6.15. The third-order valence-corrected chi connectivity index (χ3v) is 6.36. The number of likely N-dealkylation sites (tertiary alicyclic amines) is 1. The fourth-order valence-electron chi connectivity index (χ4n) is 4.59. The largest absolute Gasteiger partial charge is 0.487 e. The van der Waals surface area contributed by atoms with Gasteiger partial charge in [0.15, 0.2) is 0 Å². The van der Waals surface area contributed by atoms with Gasteiger partial charge < -0.3 is 9.22 Å². The molecule has 1 fully saturated rings. The second-order valence-electron chi connectivity index (χ2n) is 8.46. The molecule has 1 saturated heterocycles. The van der Waals surface area contributed by atoms with Crippen molar-refractivity contribution < 1.29 is 41.9 Å². The molecule has 0 saturated carbocycles. The molecule has 1 radical (unpaired) electrons. The molecule has 3 heteroatoms. The average molecular weight is 455 g/mol. The van der Waals surface area contributed by atoms with Crippen molar-refractivity contribution in [2.24, 2.45) is 0 Å². The number of aryl methyl sites for hydroxylation is 2. The van der Waals surface area contributed by atoms with Crippen LogP contribution in [0.15, 0.2) is 48.5 Å². The van der Waals surface area contributed by atoms with Gasteiger partial charge in [0.05, 0.1) is 13.1 Å². The number of para-hydroxylation sites is 1. The molecule has 2 aromatic rings. The van der Waals surface area contributed by atoms with E-state index >= 15 is 0 Å². The van der Waals surface area contributed by atoms with Crippen molar-refractivity contribution >= 4 is 0 Å². The molecular weight excluding hydrogens is 419 g/mol. The Morgan fingerprint density at radius 3 is 2.00 bits per heavy atom. The molecule has 0 aliphatic carbocycles. The van der Waals surface area contributed by atoms with Crippen molar-refractivity contribution in [3.05, 3.63) is 65.2 Å². The molecular formula is C25H36NOY+. The summed E-state index contributed by atoms with van der Waals surface area (Å²) in [6.07, 6.45) is 6.82. The minimum atomic E-state index is 0. The molecule has 1 unspecified atom stereocenters. The van der Waals surface area contributed by atoms with E-state index in [-0.39, 0.29) is 32.7 Å². The summed E-state index contributed by atoms with van der Waals surface area (Å²) in [6.45, 7) is 11.2. The molecule has 0 N–H and O–H groups in total. The van der Waals surface area contributed by atoms with Crippen LogP contribution in [0, 0.1) is 13.8 Å². The second kappa shape index (κ2) is 11.5. The van der Waals surface area contributed by atoms with Gasteiger partial charge in [-0.1, -0.05) is 55.0 Å². The molecule has 0 bridgehead atoms. The van der Waals surface area contributed by atoms with Gasteiger partial charge in [0.1, 0.15) is 24.9 Å². The summed E-state index contributed by atoms with van der Waals surface area (Å²) in [5.41, 5.74) is 3.94. The van der Waals surface area contributed by atoms with Gasteiger partial charge >= 0.3 is 0 Å². The number of quaternary nitrogens is 1. The maximum absolute atomic E-state index is 6.40. The average Bonchev–Trinajstić information content (AvgIpc) is 2.64. The number of ether oxygens (including phenoxy) is 1. The molecule has 1 atom stereocenters. The molecule has 28 heavy (non-hydrogen) atoms. The fourth-order valence-corrected chi connectivity index (χ4v) is 4.59. The summed E-state index contributed by atoms with van der Waals surface area (Å²) in [4.78, 5) is 0. The first kappa shape index (κ1) is 23.6. The van der Waals surface area contributed by atoms with Gasteiger partial charge in [-0.05, 0) is 57.6 Å². The van der Waals surface area contributed by atoms with Gasteiger partial charge in [-0.25, -0.2) is 0 Å². The van der Waals surface area contributed by atoms with Crippen LogP contribution in [0.3, 0.4) is 0 Å². The Morgan fingerprint density at radius 2 is 1.39 bits per heavy atom. The number of hydrogen-bond acceptors (Lipinski definition) is 1. The summed E-state index contributed by atoms with van der Waals surface area (Å²) >= 11 is 0. The van der Waals surface area contributed by atoms with Crippen LogP contribution in [0.4, 0.5) is 0 Å². The number of nitrogens with zero attached hydrogens (tertiary/aromatic N) is 1. The van der Waals surface area contributed by atoms with Crippen molar-refractivity contribution in [1.82, 2.24) is 0 Å². The van der Waals surface area contributed by atoms with E-state index in [1.165, 1.54) is 61.9 Å². The molecule has 2 aromatic carbocycles. The van der Waals surface area contributed by atoms with E-state index in [2.05, 4.69) is 69.3 Å². The van der Waals surface area contributed by atoms with Crippen molar-refractivity contribution in [2.45, 2.75) is 65.5 Å². The normalized spacial score (nSPS) is 17.7. The smallest absolute Gasteiger partial charge is 0.140 e. The molecule has 1 aliphatic rings.